The van der Waals surface area contributed by atoms with Crippen molar-refractivity contribution in [3.8, 4) is 5.75 Å². The highest BCUT2D eigenvalue weighted by Crippen LogP contribution is 2.31. The van der Waals surface area contributed by atoms with Crippen LogP contribution in [-0.2, 0) is 11.3 Å². The van der Waals surface area contributed by atoms with Crippen LogP contribution in [-0.4, -0.2) is 22.5 Å². The zero-order chi connectivity index (χ0) is 20.2. The average Bonchev–Trinajstić information content (AvgIpc) is 3.17. The maximum absolute atomic E-state index is 14.1. The number of hydrogen-bond donors (Lipinski definition) is 0. The molecule has 0 N–H and O–H groups in total. The van der Waals surface area contributed by atoms with Crippen molar-refractivity contribution in [1.29, 1.82) is 0 Å². The van der Waals surface area contributed by atoms with Gasteiger partial charge >= 0.3 is 0 Å². The largest absolute Gasteiger partial charge is 0.484 e. The van der Waals surface area contributed by atoms with E-state index in [4.69, 9.17) is 4.74 Å². The molecular formula is C22H18FN3O2S. The predicted molar refractivity (Wildman–Crippen MR) is 112 cm³/mol. The fourth-order valence-electron chi connectivity index (χ4n) is 2.79. The van der Waals surface area contributed by atoms with E-state index < -0.39 is 5.82 Å². The number of pyridine rings is 1. The Hall–Kier alpha value is -3.32. The molecule has 0 aliphatic heterocycles. The first-order valence-corrected chi connectivity index (χ1v) is 9.86. The first-order valence-electron chi connectivity index (χ1n) is 9.05. The Kier molecular flexibility index (Phi) is 5.48. The van der Waals surface area contributed by atoms with E-state index in [-0.39, 0.29) is 24.6 Å². The molecule has 0 radical (unpaired) electrons. The van der Waals surface area contributed by atoms with Crippen molar-refractivity contribution < 1.29 is 13.9 Å². The molecule has 0 saturated carbocycles. The quantitative estimate of drug-likeness (QED) is 0.463. The fourth-order valence-corrected chi connectivity index (χ4v) is 3.79. The summed E-state index contributed by atoms with van der Waals surface area (Å²) in [5, 5.41) is 0.410. The number of aryl methyl sites for hydroxylation is 1. The Labute approximate surface area is 171 Å². The van der Waals surface area contributed by atoms with Crippen LogP contribution in [0.2, 0.25) is 0 Å². The molecule has 2 aromatic heterocycles. The molecule has 4 aromatic rings. The van der Waals surface area contributed by atoms with Crippen LogP contribution in [0.15, 0.2) is 66.9 Å². The minimum absolute atomic E-state index is 0.158. The SMILES string of the molecule is Cc1ccc(OCC(=O)N(Cc2ccccn2)c2nc3c(F)cccc3s2)cc1. The molecule has 0 unspecified atom stereocenters. The van der Waals surface area contributed by atoms with E-state index in [1.807, 2.05) is 49.4 Å². The summed E-state index contributed by atoms with van der Waals surface area (Å²) in [6.45, 7) is 2.04. The van der Waals surface area contributed by atoms with Gasteiger partial charge in [-0.05, 0) is 43.3 Å². The summed E-state index contributed by atoms with van der Waals surface area (Å²) in [4.78, 5) is 23.1. The van der Waals surface area contributed by atoms with E-state index in [1.165, 1.54) is 22.3 Å². The van der Waals surface area contributed by atoms with Gasteiger partial charge in [0.25, 0.3) is 5.91 Å². The van der Waals surface area contributed by atoms with Gasteiger partial charge in [0.15, 0.2) is 11.7 Å². The third-order valence-electron chi connectivity index (χ3n) is 4.32. The summed E-state index contributed by atoms with van der Waals surface area (Å²) in [6.07, 6.45) is 1.67. The van der Waals surface area contributed by atoms with Crippen LogP contribution in [0.25, 0.3) is 10.2 Å². The third kappa shape index (κ3) is 4.41. The Morgan fingerprint density at radius 3 is 2.66 bits per heavy atom. The summed E-state index contributed by atoms with van der Waals surface area (Å²) >= 11 is 1.26. The number of halogens is 1. The van der Waals surface area contributed by atoms with Crippen molar-refractivity contribution in [2.24, 2.45) is 0 Å². The number of anilines is 1. The van der Waals surface area contributed by atoms with Gasteiger partial charge < -0.3 is 4.74 Å². The van der Waals surface area contributed by atoms with Gasteiger partial charge in [-0.25, -0.2) is 9.37 Å². The number of aromatic nitrogens is 2. The molecular weight excluding hydrogens is 389 g/mol. The molecule has 29 heavy (non-hydrogen) atoms. The zero-order valence-electron chi connectivity index (χ0n) is 15.7. The van der Waals surface area contributed by atoms with E-state index in [9.17, 15) is 9.18 Å². The summed E-state index contributed by atoms with van der Waals surface area (Å²) < 4.78 is 20.4. The van der Waals surface area contributed by atoms with E-state index in [1.54, 1.807) is 18.3 Å². The lowest BCUT2D eigenvalue weighted by Crippen LogP contribution is -2.34. The van der Waals surface area contributed by atoms with Gasteiger partial charge in [0.1, 0.15) is 17.1 Å². The lowest BCUT2D eigenvalue weighted by Gasteiger charge is -2.19. The number of ether oxygens (including phenoxy) is 1. The molecule has 0 saturated heterocycles. The van der Waals surface area contributed by atoms with Crippen LogP contribution in [0, 0.1) is 12.7 Å². The topological polar surface area (TPSA) is 55.3 Å². The molecule has 4 rings (SSSR count). The number of amides is 1. The number of fused-ring (bicyclic) bond motifs is 1. The second-order valence-corrected chi connectivity index (χ2v) is 7.49. The van der Waals surface area contributed by atoms with E-state index in [2.05, 4.69) is 9.97 Å². The lowest BCUT2D eigenvalue weighted by molar-refractivity contribution is -0.120. The standard InChI is InChI=1S/C22H18FN3O2S/c1-15-8-10-17(11-9-15)28-14-20(27)26(13-16-5-2-3-12-24-16)22-25-21-18(23)6-4-7-19(21)29-22/h2-12H,13-14H2,1H3. The molecule has 5 nitrogen and oxygen atoms in total. The molecule has 1 amide bonds. The Morgan fingerprint density at radius 2 is 1.93 bits per heavy atom. The van der Waals surface area contributed by atoms with E-state index >= 15 is 0 Å². The Bertz CT molecular complexity index is 1130. The Balaban J connectivity index is 1.60. The third-order valence-corrected chi connectivity index (χ3v) is 5.36. The normalized spacial score (nSPS) is 10.8. The maximum atomic E-state index is 14.1. The van der Waals surface area contributed by atoms with Gasteiger partial charge in [0.2, 0.25) is 0 Å². The van der Waals surface area contributed by atoms with Gasteiger partial charge in [-0.15, -0.1) is 0 Å². The Morgan fingerprint density at radius 1 is 1.10 bits per heavy atom. The van der Waals surface area contributed by atoms with Crippen molar-refractivity contribution >= 4 is 32.6 Å². The number of para-hydroxylation sites is 1. The number of rotatable bonds is 6. The van der Waals surface area contributed by atoms with Crippen LogP contribution >= 0.6 is 11.3 Å². The van der Waals surface area contributed by atoms with Gasteiger partial charge in [0, 0.05) is 6.20 Å². The lowest BCUT2D eigenvalue weighted by atomic mass is 10.2. The van der Waals surface area contributed by atoms with Gasteiger partial charge in [0.05, 0.1) is 16.9 Å². The maximum Gasteiger partial charge on any atom is 0.267 e. The number of nitrogens with zero attached hydrogens (tertiary/aromatic N) is 3. The van der Waals surface area contributed by atoms with Crippen LogP contribution in [0.1, 0.15) is 11.3 Å². The van der Waals surface area contributed by atoms with Crippen molar-refractivity contribution in [2.45, 2.75) is 13.5 Å². The summed E-state index contributed by atoms with van der Waals surface area (Å²) in [5.41, 5.74) is 2.07. The monoisotopic (exact) mass is 407 g/mol. The number of hydrogen-bond acceptors (Lipinski definition) is 5. The first-order chi connectivity index (χ1) is 14.1. The van der Waals surface area contributed by atoms with Crippen LogP contribution < -0.4 is 9.64 Å². The summed E-state index contributed by atoms with van der Waals surface area (Å²) in [6, 6.07) is 17.7. The smallest absolute Gasteiger partial charge is 0.267 e. The van der Waals surface area contributed by atoms with E-state index in [0.717, 1.165) is 5.56 Å². The molecule has 7 heteroatoms. The average molecular weight is 407 g/mol. The molecule has 0 fully saturated rings. The molecule has 0 aliphatic rings. The molecule has 0 aliphatic carbocycles. The van der Waals surface area contributed by atoms with Gasteiger partial charge in [-0.3, -0.25) is 14.7 Å². The zero-order valence-corrected chi connectivity index (χ0v) is 16.5. The van der Waals surface area contributed by atoms with Gasteiger partial charge in [-0.1, -0.05) is 41.2 Å². The minimum atomic E-state index is -0.411. The molecule has 2 aromatic carbocycles. The summed E-state index contributed by atoms with van der Waals surface area (Å²) in [5.74, 6) is -0.0843. The van der Waals surface area contributed by atoms with Gasteiger partial charge in [-0.2, -0.15) is 0 Å². The second-order valence-electron chi connectivity index (χ2n) is 6.49. The number of carbonyl (C=O) groups excluding carboxylic acids is 1. The van der Waals surface area contributed by atoms with Crippen LogP contribution in [0.4, 0.5) is 9.52 Å². The highest BCUT2D eigenvalue weighted by Gasteiger charge is 2.22. The molecule has 146 valence electrons. The van der Waals surface area contributed by atoms with Crippen molar-refractivity contribution in [3.63, 3.8) is 0 Å². The van der Waals surface area contributed by atoms with Crippen molar-refractivity contribution in [3.05, 3.63) is 83.9 Å². The minimum Gasteiger partial charge on any atom is -0.484 e. The highest BCUT2D eigenvalue weighted by molar-refractivity contribution is 7.22. The van der Waals surface area contributed by atoms with Crippen molar-refractivity contribution in [2.75, 3.05) is 11.5 Å². The molecule has 2 heterocycles. The molecule has 0 bridgehead atoms. The van der Waals surface area contributed by atoms with Crippen molar-refractivity contribution in [1.82, 2.24) is 9.97 Å². The first kappa shape index (κ1) is 19.0. The summed E-state index contributed by atoms with van der Waals surface area (Å²) in [7, 11) is 0. The number of benzene rings is 2. The number of thiazole rings is 1. The van der Waals surface area contributed by atoms with E-state index in [0.29, 0.717) is 21.3 Å². The molecule has 0 spiro atoms. The second kappa shape index (κ2) is 8.36. The van der Waals surface area contributed by atoms with Crippen LogP contribution in [0.3, 0.4) is 0 Å². The highest BCUT2D eigenvalue weighted by atomic mass is 32.1. The molecule has 0 atom stereocenters. The predicted octanol–water partition coefficient (Wildman–Crippen LogP) is 4.75. The number of carbonyl (C=O) groups is 1. The van der Waals surface area contributed by atoms with Crippen LogP contribution in [0.5, 0.6) is 5.75 Å². The fraction of sp³-hybridized carbons (Fsp3) is 0.136.